The number of halogens is 2. The van der Waals surface area contributed by atoms with Gasteiger partial charge >= 0.3 is 0 Å². The zero-order chi connectivity index (χ0) is 18.4. The van der Waals surface area contributed by atoms with E-state index in [4.69, 9.17) is 4.74 Å². The number of benzene rings is 1. The number of rotatable bonds is 5. The van der Waals surface area contributed by atoms with Gasteiger partial charge in [-0.2, -0.15) is 5.10 Å². The van der Waals surface area contributed by atoms with E-state index in [0.717, 1.165) is 12.8 Å². The first-order valence-corrected chi connectivity index (χ1v) is 7.50. The molecule has 1 aliphatic carbocycles. The zero-order valence-corrected chi connectivity index (χ0v) is 13.4. The predicted molar refractivity (Wildman–Crippen MR) is 84.7 cm³/mol. The number of carbonyl (C=O) groups excluding carboxylic acids is 1. The van der Waals surface area contributed by atoms with Gasteiger partial charge in [0.25, 0.3) is 12.1 Å². The average molecular weight is 353 g/mol. The fourth-order valence-corrected chi connectivity index (χ4v) is 2.41. The van der Waals surface area contributed by atoms with Crippen molar-refractivity contribution < 1.29 is 23.2 Å². The quantitative estimate of drug-likeness (QED) is 0.466. The maximum absolute atomic E-state index is 12.5. The van der Waals surface area contributed by atoms with Gasteiger partial charge in [0, 0.05) is 31.0 Å². The van der Waals surface area contributed by atoms with Crippen LogP contribution >= 0.6 is 0 Å². The molecule has 1 heterocycles. The molecule has 1 aliphatic rings. The third-order valence-electron chi connectivity index (χ3n) is 3.91. The first kappa shape index (κ1) is 18.7. The van der Waals surface area contributed by atoms with Gasteiger partial charge in [-0.25, -0.2) is 8.78 Å². The van der Waals surface area contributed by atoms with Crippen molar-refractivity contribution in [3.63, 3.8) is 0 Å². The Labute approximate surface area is 142 Å². The lowest BCUT2D eigenvalue weighted by molar-refractivity contribution is -0.384. The van der Waals surface area contributed by atoms with Gasteiger partial charge in [-0.1, -0.05) is 0 Å². The normalized spacial score (nSPS) is 18.9. The second kappa shape index (κ2) is 8.43. The number of aldehydes is 1. The molecule has 0 spiro atoms. The molecule has 9 heteroatoms. The number of hydrogen-bond acceptors (Lipinski definition) is 5. The topological polar surface area (TPSA) is 87.3 Å². The first-order valence-electron chi connectivity index (χ1n) is 7.50. The minimum atomic E-state index is -2.45. The summed E-state index contributed by atoms with van der Waals surface area (Å²) in [7, 11) is 1.64. The highest BCUT2D eigenvalue weighted by Crippen LogP contribution is 2.36. The Bertz CT molecular complexity index is 712. The molecule has 0 saturated heterocycles. The molecule has 25 heavy (non-hydrogen) atoms. The van der Waals surface area contributed by atoms with Crippen LogP contribution in [-0.4, -0.2) is 34.2 Å². The van der Waals surface area contributed by atoms with Crippen LogP contribution in [-0.2, 0) is 4.74 Å². The van der Waals surface area contributed by atoms with Crippen LogP contribution in [0.15, 0.2) is 36.5 Å². The van der Waals surface area contributed by atoms with E-state index in [1.807, 2.05) is 0 Å². The summed E-state index contributed by atoms with van der Waals surface area (Å²) in [6, 6.07) is 6.85. The fourth-order valence-electron chi connectivity index (χ4n) is 2.41. The van der Waals surface area contributed by atoms with Crippen LogP contribution < -0.4 is 0 Å². The average Bonchev–Trinajstić information content (AvgIpc) is 3.04. The Morgan fingerprint density at radius 1 is 1.32 bits per heavy atom. The molecule has 134 valence electrons. The van der Waals surface area contributed by atoms with Crippen molar-refractivity contribution in [2.45, 2.75) is 31.4 Å². The van der Waals surface area contributed by atoms with E-state index in [-0.39, 0.29) is 23.5 Å². The lowest BCUT2D eigenvalue weighted by Gasteiger charge is -2.35. The standard InChI is InChI=1S/C9H12F2N2O.C7H5NO3/c1-14-7-4-6(5-7)13-8(9(10)11)2-3-12-13;9-5-6-1-3-7(4-2-6)8(10)11/h2-3,6-7,9H,4-5H2,1H3;1-5H. The Kier molecular flexibility index (Phi) is 6.29. The maximum Gasteiger partial charge on any atom is 0.280 e. The summed E-state index contributed by atoms with van der Waals surface area (Å²) in [5, 5.41) is 14.0. The smallest absolute Gasteiger partial charge is 0.280 e. The van der Waals surface area contributed by atoms with E-state index < -0.39 is 11.3 Å². The molecule has 0 atom stereocenters. The van der Waals surface area contributed by atoms with Crippen molar-refractivity contribution in [3.05, 3.63) is 57.9 Å². The molecule has 3 rings (SSSR count). The molecule has 1 aromatic carbocycles. The molecule has 1 saturated carbocycles. The van der Waals surface area contributed by atoms with Crippen LogP contribution in [0, 0.1) is 10.1 Å². The molecule has 7 nitrogen and oxygen atoms in total. The summed E-state index contributed by atoms with van der Waals surface area (Å²) in [4.78, 5) is 19.7. The maximum atomic E-state index is 12.5. The fraction of sp³-hybridized carbons (Fsp3) is 0.375. The highest BCUT2D eigenvalue weighted by atomic mass is 19.3. The number of hydrogen-bond donors (Lipinski definition) is 0. The molecule has 0 N–H and O–H groups in total. The van der Waals surface area contributed by atoms with E-state index in [1.54, 1.807) is 7.11 Å². The summed E-state index contributed by atoms with van der Waals surface area (Å²) >= 11 is 0. The second-order valence-corrected chi connectivity index (χ2v) is 5.45. The molecular weight excluding hydrogens is 336 g/mol. The van der Waals surface area contributed by atoms with Crippen LogP contribution in [0.25, 0.3) is 0 Å². The van der Waals surface area contributed by atoms with E-state index in [1.165, 1.54) is 41.2 Å². The first-order chi connectivity index (χ1) is 12.0. The van der Waals surface area contributed by atoms with Gasteiger partial charge < -0.3 is 4.74 Å². The number of alkyl halides is 2. The van der Waals surface area contributed by atoms with Gasteiger partial charge in [0.15, 0.2) is 0 Å². The van der Waals surface area contributed by atoms with Crippen LogP contribution in [0.5, 0.6) is 0 Å². The minimum absolute atomic E-state index is 0.00407. The molecule has 1 fully saturated rings. The molecule has 0 unspecified atom stereocenters. The van der Waals surface area contributed by atoms with Gasteiger partial charge in [0.2, 0.25) is 0 Å². The number of nitro groups is 1. The van der Waals surface area contributed by atoms with E-state index >= 15 is 0 Å². The summed E-state index contributed by atoms with van der Waals surface area (Å²) < 4.78 is 31.4. The van der Waals surface area contributed by atoms with Crippen LogP contribution in [0.2, 0.25) is 0 Å². The predicted octanol–water partition coefficient (Wildman–Crippen LogP) is 3.58. The molecule has 0 radical (unpaired) electrons. The van der Waals surface area contributed by atoms with Crippen LogP contribution in [0.4, 0.5) is 14.5 Å². The number of carbonyl (C=O) groups is 1. The number of nitrogens with zero attached hydrogens (tertiary/aromatic N) is 3. The lowest BCUT2D eigenvalue weighted by Crippen LogP contribution is -2.33. The molecular formula is C16H17F2N3O4. The largest absolute Gasteiger partial charge is 0.381 e. The Balaban J connectivity index is 0.000000186. The number of aromatic nitrogens is 2. The van der Waals surface area contributed by atoms with Crippen molar-refractivity contribution in [3.8, 4) is 0 Å². The minimum Gasteiger partial charge on any atom is -0.381 e. The Morgan fingerprint density at radius 3 is 2.44 bits per heavy atom. The number of nitro benzene ring substituents is 1. The van der Waals surface area contributed by atoms with E-state index in [0.29, 0.717) is 11.8 Å². The molecule has 1 aromatic heterocycles. The molecule has 0 aliphatic heterocycles. The van der Waals surface area contributed by atoms with Gasteiger partial charge in [-0.3, -0.25) is 19.6 Å². The number of non-ortho nitro benzene ring substituents is 1. The summed E-state index contributed by atoms with van der Waals surface area (Å²) in [6.07, 6.45) is 1.37. The third-order valence-corrected chi connectivity index (χ3v) is 3.91. The second-order valence-electron chi connectivity index (χ2n) is 5.45. The zero-order valence-electron chi connectivity index (χ0n) is 13.4. The van der Waals surface area contributed by atoms with Gasteiger partial charge in [-0.15, -0.1) is 0 Å². The highest BCUT2D eigenvalue weighted by Gasteiger charge is 2.33. The SMILES string of the molecule is COC1CC(n2nccc2C(F)F)C1.O=Cc1ccc([N+](=O)[O-])cc1. The van der Waals surface area contributed by atoms with Crippen molar-refractivity contribution in [2.75, 3.05) is 7.11 Å². The summed E-state index contributed by atoms with van der Waals surface area (Å²) in [5.74, 6) is 0. The van der Waals surface area contributed by atoms with Crippen LogP contribution in [0.1, 0.15) is 41.4 Å². The highest BCUT2D eigenvalue weighted by molar-refractivity contribution is 5.75. The van der Waals surface area contributed by atoms with Crippen molar-refractivity contribution in [1.82, 2.24) is 9.78 Å². The Hall–Kier alpha value is -2.68. The third kappa shape index (κ3) is 4.66. The van der Waals surface area contributed by atoms with Gasteiger partial charge in [0.05, 0.1) is 17.1 Å². The summed E-state index contributed by atoms with van der Waals surface area (Å²) in [6.45, 7) is 0. The summed E-state index contributed by atoms with van der Waals surface area (Å²) in [5.41, 5.74) is 0.441. The van der Waals surface area contributed by atoms with E-state index in [2.05, 4.69) is 5.10 Å². The Morgan fingerprint density at radius 2 is 1.96 bits per heavy atom. The molecule has 0 bridgehead atoms. The lowest BCUT2D eigenvalue weighted by atomic mass is 9.89. The van der Waals surface area contributed by atoms with E-state index in [9.17, 15) is 23.7 Å². The molecule has 2 aromatic rings. The monoisotopic (exact) mass is 353 g/mol. The van der Waals surface area contributed by atoms with Crippen molar-refractivity contribution in [2.24, 2.45) is 0 Å². The van der Waals surface area contributed by atoms with Crippen LogP contribution in [0.3, 0.4) is 0 Å². The van der Waals surface area contributed by atoms with Crippen molar-refractivity contribution >= 4 is 12.0 Å². The molecule has 0 amide bonds. The number of methoxy groups -OCH3 is 1. The van der Waals surface area contributed by atoms with Crippen molar-refractivity contribution in [1.29, 1.82) is 0 Å². The van der Waals surface area contributed by atoms with Gasteiger partial charge in [0.1, 0.15) is 12.0 Å². The van der Waals surface area contributed by atoms with Gasteiger partial charge in [-0.05, 0) is 31.0 Å². The number of ether oxygens (including phenoxy) is 1.